The van der Waals surface area contributed by atoms with Gasteiger partial charge in [-0.15, -0.1) is 11.3 Å². The van der Waals surface area contributed by atoms with Gasteiger partial charge >= 0.3 is 0 Å². The number of ether oxygens (including phenoxy) is 1. The van der Waals surface area contributed by atoms with Gasteiger partial charge in [-0.05, 0) is 13.3 Å². The highest BCUT2D eigenvalue weighted by atomic mass is 32.1. The third-order valence-corrected chi connectivity index (χ3v) is 3.45. The third-order valence-electron chi connectivity index (χ3n) is 2.41. The van der Waals surface area contributed by atoms with Crippen molar-refractivity contribution in [2.45, 2.75) is 25.4 Å². The average molecular weight is 241 g/mol. The first kappa shape index (κ1) is 11.5. The van der Waals surface area contributed by atoms with Crippen molar-refractivity contribution < 1.29 is 9.53 Å². The lowest BCUT2D eigenvalue weighted by Crippen LogP contribution is -2.35. The Morgan fingerprint density at radius 3 is 3.19 bits per heavy atom. The summed E-state index contributed by atoms with van der Waals surface area (Å²) in [5, 5.41) is 5.41. The molecule has 1 saturated heterocycles. The standard InChI is InChI=1S/C10H15N3O2S/c1-6(11)10-13-8(5-16-10)9(14)12-7-2-3-15-4-7/h5-7H,2-4,11H2,1H3,(H,12,14). The summed E-state index contributed by atoms with van der Waals surface area (Å²) in [7, 11) is 0. The summed E-state index contributed by atoms with van der Waals surface area (Å²) in [6, 6.07) is -0.00526. The summed E-state index contributed by atoms with van der Waals surface area (Å²) in [6.07, 6.45) is 0.871. The van der Waals surface area contributed by atoms with Crippen molar-refractivity contribution in [3.05, 3.63) is 16.1 Å². The highest BCUT2D eigenvalue weighted by Gasteiger charge is 2.20. The molecule has 5 nitrogen and oxygen atoms in total. The zero-order valence-corrected chi connectivity index (χ0v) is 9.92. The van der Waals surface area contributed by atoms with E-state index in [9.17, 15) is 4.79 Å². The van der Waals surface area contributed by atoms with Gasteiger partial charge in [-0.1, -0.05) is 0 Å². The molecule has 1 aliphatic heterocycles. The molecule has 88 valence electrons. The molecule has 2 atom stereocenters. The second-order valence-corrected chi connectivity index (χ2v) is 4.78. The summed E-state index contributed by atoms with van der Waals surface area (Å²) in [5.41, 5.74) is 6.14. The fourth-order valence-corrected chi connectivity index (χ4v) is 2.27. The van der Waals surface area contributed by atoms with Crippen LogP contribution in [-0.2, 0) is 4.74 Å². The highest BCUT2D eigenvalue weighted by Crippen LogP contribution is 2.16. The van der Waals surface area contributed by atoms with Crippen LogP contribution in [-0.4, -0.2) is 30.1 Å². The quantitative estimate of drug-likeness (QED) is 0.816. The van der Waals surface area contributed by atoms with E-state index < -0.39 is 0 Å². The Morgan fingerprint density at radius 1 is 1.81 bits per heavy atom. The van der Waals surface area contributed by atoms with Gasteiger partial charge in [0.1, 0.15) is 10.7 Å². The van der Waals surface area contributed by atoms with E-state index >= 15 is 0 Å². The molecule has 0 aliphatic carbocycles. The number of nitrogens with one attached hydrogen (secondary N) is 1. The normalized spacial score (nSPS) is 22.0. The van der Waals surface area contributed by atoms with Crippen LogP contribution in [0.5, 0.6) is 0 Å². The van der Waals surface area contributed by atoms with Crippen LogP contribution in [0, 0.1) is 0 Å². The lowest BCUT2D eigenvalue weighted by Gasteiger charge is -2.08. The van der Waals surface area contributed by atoms with Gasteiger partial charge in [0, 0.05) is 12.0 Å². The highest BCUT2D eigenvalue weighted by molar-refractivity contribution is 7.09. The first-order chi connectivity index (χ1) is 7.66. The SMILES string of the molecule is CC(N)c1nc(C(=O)NC2CCOC2)cs1. The van der Waals surface area contributed by atoms with E-state index in [1.165, 1.54) is 11.3 Å². The van der Waals surface area contributed by atoms with E-state index in [4.69, 9.17) is 10.5 Å². The Bertz CT molecular complexity index is 372. The van der Waals surface area contributed by atoms with Crippen LogP contribution < -0.4 is 11.1 Å². The molecule has 1 aliphatic rings. The molecule has 1 aromatic heterocycles. The Kier molecular flexibility index (Phi) is 3.52. The fourth-order valence-electron chi connectivity index (χ4n) is 1.51. The number of hydrogen-bond donors (Lipinski definition) is 2. The lowest BCUT2D eigenvalue weighted by molar-refractivity contribution is 0.0925. The third kappa shape index (κ3) is 2.58. The molecule has 1 amide bonds. The summed E-state index contributed by atoms with van der Waals surface area (Å²) in [5.74, 6) is -0.140. The molecular weight excluding hydrogens is 226 g/mol. The fraction of sp³-hybridized carbons (Fsp3) is 0.600. The van der Waals surface area contributed by atoms with Crippen molar-refractivity contribution in [3.63, 3.8) is 0 Å². The molecule has 2 rings (SSSR count). The van der Waals surface area contributed by atoms with Gasteiger partial charge in [-0.2, -0.15) is 0 Å². The number of carbonyl (C=O) groups excluding carboxylic acids is 1. The minimum atomic E-state index is -0.140. The Morgan fingerprint density at radius 2 is 2.62 bits per heavy atom. The second-order valence-electron chi connectivity index (χ2n) is 3.89. The van der Waals surface area contributed by atoms with Gasteiger partial charge in [-0.3, -0.25) is 4.79 Å². The van der Waals surface area contributed by atoms with Crippen LogP contribution in [0.2, 0.25) is 0 Å². The minimum Gasteiger partial charge on any atom is -0.379 e. The van der Waals surface area contributed by atoms with Crippen LogP contribution in [0.25, 0.3) is 0 Å². The summed E-state index contributed by atoms with van der Waals surface area (Å²) < 4.78 is 5.18. The van der Waals surface area contributed by atoms with Crippen molar-refractivity contribution in [1.29, 1.82) is 0 Å². The van der Waals surface area contributed by atoms with E-state index in [1.807, 2.05) is 6.92 Å². The van der Waals surface area contributed by atoms with Gasteiger partial charge in [0.05, 0.1) is 18.7 Å². The number of nitrogens with zero attached hydrogens (tertiary/aromatic N) is 1. The zero-order valence-electron chi connectivity index (χ0n) is 9.10. The first-order valence-corrected chi connectivity index (χ1v) is 6.14. The number of hydrogen-bond acceptors (Lipinski definition) is 5. The molecule has 6 heteroatoms. The van der Waals surface area contributed by atoms with Crippen molar-refractivity contribution in [2.24, 2.45) is 5.73 Å². The van der Waals surface area contributed by atoms with Crippen LogP contribution in [0.15, 0.2) is 5.38 Å². The Labute approximate surface area is 98.0 Å². The molecule has 0 bridgehead atoms. The molecular formula is C10H15N3O2S. The van der Waals surface area contributed by atoms with Crippen molar-refractivity contribution in [1.82, 2.24) is 10.3 Å². The van der Waals surface area contributed by atoms with Gasteiger partial charge in [-0.25, -0.2) is 4.98 Å². The van der Waals surface area contributed by atoms with E-state index in [0.29, 0.717) is 18.9 Å². The molecule has 0 radical (unpaired) electrons. The number of amides is 1. The van der Waals surface area contributed by atoms with Gasteiger partial charge in [0.25, 0.3) is 5.91 Å². The molecule has 2 unspecified atom stereocenters. The number of nitrogens with two attached hydrogens (primary N) is 1. The number of rotatable bonds is 3. The molecule has 0 saturated carbocycles. The maximum Gasteiger partial charge on any atom is 0.271 e. The number of carbonyl (C=O) groups is 1. The van der Waals surface area contributed by atoms with E-state index in [2.05, 4.69) is 10.3 Å². The molecule has 0 spiro atoms. The molecule has 0 aromatic carbocycles. The summed E-state index contributed by atoms with van der Waals surface area (Å²) >= 11 is 1.42. The van der Waals surface area contributed by atoms with Crippen LogP contribution >= 0.6 is 11.3 Å². The van der Waals surface area contributed by atoms with E-state index in [0.717, 1.165) is 11.4 Å². The van der Waals surface area contributed by atoms with Crippen molar-refractivity contribution >= 4 is 17.2 Å². The Hall–Kier alpha value is -0.980. The van der Waals surface area contributed by atoms with Crippen molar-refractivity contribution in [2.75, 3.05) is 13.2 Å². The predicted octanol–water partition coefficient (Wildman–Crippen LogP) is 0.681. The van der Waals surface area contributed by atoms with E-state index in [1.54, 1.807) is 5.38 Å². The minimum absolute atomic E-state index is 0.118. The molecule has 1 fully saturated rings. The number of aromatic nitrogens is 1. The van der Waals surface area contributed by atoms with Crippen molar-refractivity contribution in [3.8, 4) is 0 Å². The molecule has 2 heterocycles. The molecule has 16 heavy (non-hydrogen) atoms. The van der Waals surface area contributed by atoms with Crippen LogP contribution in [0.4, 0.5) is 0 Å². The van der Waals surface area contributed by atoms with E-state index in [-0.39, 0.29) is 18.0 Å². The maximum absolute atomic E-state index is 11.8. The summed E-state index contributed by atoms with van der Waals surface area (Å²) in [6.45, 7) is 3.16. The molecule has 3 N–H and O–H groups in total. The maximum atomic E-state index is 11.8. The average Bonchev–Trinajstić information content (AvgIpc) is 2.86. The smallest absolute Gasteiger partial charge is 0.271 e. The topological polar surface area (TPSA) is 77.2 Å². The van der Waals surface area contributed by atoms with Crippen LogP contribution in [0.1, 0.15) is 34.9 Å². The Balaban J connectivity index is 1.97. The summed E-state index contributed by atoms with van der Waals surface area (Å²) in [4.78, 5) is 16.0. The first-order valence-electron chi connectivity index (χ1n) is 5.26. The second kappa shape index (κ2) is 4.90. The number of thiazole rings is 1. The van der Waals surface area contributed by atoms with Gasteiger partial charge < -0.3 is 15.8 Å². The van der Waals surface area contributed by atoms with Gasteiger partial charge in [0.15, 0.2) is 0 Å². The largest absolute Gasteiger partial charge is 0.379 e. The van der Waals surface area contributed by atoms with Crippen LogP contribution in [0.3, 0.4) is 0 Å². The molecule has 1 aromatic rings. The monoisotopic (exact) mass is 241 g/mol. The lowest BCUT2D eigenvalue weighted by atomic mass is 10.2. The zero-order chi connectivity index (χ0) is 11.5. The predicted molar refractivity (Wildman–Crippen MR) is 61.4 cm³/mol. The van der Waals surface area contributed by atoms with Gasteiger partial charge in [0.2, 0.25) is 0 Å².